The van der Waals surface area contributed by atoms with E-state index in [4.69, 9.17) is 9.47 Å². The van der Waals surface area contributed by atoms with Crippen molar-refractivity contribution in [1.82, 2.24) is 4.57 Å². The highest BCUT2D eigenvalue weighted by molar-refractivity contribution is 6.06. The predicted octanol–water partition coefficient (Wildman–Crippen LogP) is 4.81. The van der Waals surface area contributed by atoms with Crippen LogP contribution in [0.25, 0.3) is 5.69 Å². The number of carbonyl (C=O) groups excluding carboxylic acids is 1. The minimum Gasteiger partial charge on any atom is -0.493 e. The summed E-state index contributed by atoms with van der Waals surface area (Å²) >= 11 is 0. The van der Waals surface area contributed by atoms with E-state index in [1.807, 2.05) is 13.8 Å². The molecule has 0 radical (unpaired) electrons. The molecule has 146 valence electrons. The monoisotopic (exact) mass is 382 g/mol. The highest BCUT2D eigenvalue weighted by atomic mass is 19.1. The van der Waals surface area contributed by atoms with Gasteiger partial charge in [-0.2, -0.15) is 0 Å². The first-order chi connectivity index (χ1) is 13.4. The number of methoxy groups -OCH3 is 2. The molecule has 3 aromatic rings. The maximum absolute atomic E-state index is 14.3. The number of nitrogens with one attached hydrogen (secondary N) is 1. The van der Waals surface area contributed by atoms with E-state index in [1.54, 1.807) is 62.1 Å². The smallest absolute Gasteiger partial charge is 0.257 e. The maximum Gasteiger partial charge on any atom is 0.257 e. The molecule has 0 saturated carbocycles. The summed E-state index contributed by atoms with van der Waals surface area (Å²) in [6.07, 6.45) is 0. The van der Waals surface area contributed by atoms with Gasteiger partial charge in [-0.05, 0) is 50.6 Å². The van der Waals surface area contributed by atoms with E-state index in [1.165, 1.54) is 6.07 Å². The third kappa shape index (κ3) is 3.45. The number of aryl methyl sites for hydroxylation is 2. The molecule has 5 nitrogen and oxygen atoms in total. The van der Waals surface area contributed by atoms with Gasteiger partial charge in [0.1, 0.15) is 5.82 Å². The number of hydrogen-bond donors (Lipinski definition) is 1. The second kappa shape index (κ2) is 7.76. The maximum atomic E-state index is 14.3. The number of halogens is 1. The number of carbonyl (C=O) groups is 1. The van der Waals surface area contributed by atoms with E-state index >= 15 is 0 Å². The third-order valence-electron chi connectivity index (χ3n) is 4.75. The van der Waals surface area contributed by atoms with E-state index in [0.29, 0.717) is 34.1 Å². The van der Waals surface area contributed by atoms with Crippen LogP contribution >= 0.6 is 0 Å². The van der Waals surface area contributed by atoms with Gasteiger partial charge in [-0.15, -0.1) is 0 Å². The normalized spacial score (nSPS) is 10.6. The Bertz CT molecular complexity index is 1040. The molecular formula is C22H23FN2O3. The number of nitrogens with zero attached hydrogens (tertiary/aromatic N) is 1. The highest BCUT2D eigenvalue weighted by Crippen LogP contribution is 2.33. The van der Waals surface area contributed by atoms with Gasteiger partial charge in [-0.3, -0.25) is 4.79 Å². The molecule has 0 saturated heterocycles. The van der Waals surface area contributed by atoms with Gasteiger partial charge >= 0.3 is 0 Å². The summed E-state index contributed by atoms with van der Waals surface area (Å²) in [6.45, 7) is 5.52. The van der Waals surface area contributed by atoms with E-state index in [9.17, 15) is 9.18 Å². The molecule has 0 aliphatic heterocycles. The van der Waals surface area contributed by atoms with Crippen molar-refractivity contribution >= 4 is 11.6 Å². The highest BCUT2D eigenvalue weighted by Gasteiger charge is 2.19. The van der Waals surface area contributed by atoms with E-state index in [0.717, 1.165) is 11.3 Å². The Morgan fingerprint density at radius 1 is 1.00 bits per heavy atom. The lowest BCUT2D eigenvalue weighted by atomic mass is 10.1. The molecule has 0 unspecified atom stereocenters. The number of para-hydroxylation sites is 1. The predicted molar refractivity (Wildman–Crippen MR) is 107 cm³/mol. The average Bonchev–Trinajstić information content (AvgIpc) is 2.97. The van der Waals surface area contributed by atoms with Crippen LogP contribution in [0, 0.1) is 26.6 Å². The SMILES string of the molecule is COc1cc(C)c(NC(=O)c2cc(C)n(-c3ccccc3F)c2C)cc1OC. The number of amides is 1. The first kappa shape index (κ1) is 19.5. The Morgan fingerprint density at radius 3 is 2.29 bits per heavy atom. The molecule has 1 heterocycles. The van der Waals surface area contributed by atoms with Gasteiger partial charge in [0.2, 0.25) is 0 Å². The Kier molecular flexibility index (Phi) is 5.40. The standard InChI is InChI=1S/C22H23FN2O3/c1-13-10-20(27-4)21(28-5)12-18(13)24-22(26)16-11-14(2)25(15(16)3)19-9-7-6-8-17(19)23/h6-12H,1-5H3,(H,24,26). The Balaban J connectivity index is 1.97. The van der Waals surface area contributed by atoms with Crippen LogP contribution in [0.5, 0.6) is 11.5 Å². The van der Waals surface area contributed by atoms with Crippen molar-refractivity contribution in [2.45, 2.75) is 20.8 Å². The van der Waals surface area contributed by atoms with Crippen LogP contribution in [0.15, 0.2) is 42.5 Å². The van der Waals surface area contributed by atoms with E-state index in [-0.39, 0.29) is 11.7 Å². The molecular weight excluding hydrogens is 359 g/mol. The fourth-order valence-electron chi connectivity index (χ4n) is 3.30. The molecule has 0 bridgehead atoms. The zero-order chi connectivity index (χ0) is 20.4. The second-order valence-corrected chi connectivity index (χ2v) is 6.55. The molecule has 0 atom stereocenters. The van der Waals surface area contributed by atoms with Crippen molar-refractivity contribution in [2.24, 2.45) is 0 Å². The van der Waals surface area contributed by atoms with Crippen molar-refractivity contribution in [2.75, 3.05) is 19.5 Å². The molecule has 3 rings (SSSR count). The molecule has 0 aliphatic carbocycles. The van der Waals surface area contributed by atoms with Gasteiger partial charge in [0.05, 0.1) is 25.5 Å². The number of ether oxygens (including phenoxy) is 2. The molecule has 0 aliphatic rings. The first-order valence-electron chi connectivity index (χ1n) is 8.85. The lowest BCUT2D eigenvalue weighted by Gasteiger charge is -2.14. The van der Waals surface area contributed by atoms with Crippen LogP contribution in [0.2, 0.25) is 0 Å². The fourth-order valence-corrected chi connectivity index (χ4v) is 3.30. The zero-order valence-electron chi connectivity index (χ0n) is 16.6. The van der Waals surface area contributed by atoms with Gasteiger partial charge in [0.25, 0.3) is 5.91 Å². The third-order valence-corrected chi connectivity index (χ3v) is 4.75. The molecule has 1 amide bonds. The average molecular weight is 382 g/mol. The Morgan fingerprint density at radius 2 is 1.64 bits per heavy atom. The van der Waals surface area contributed by atoms with Crippen molar-refractivity contribution < 1.29 is 18.7 Å². The number of benzene rings is 2. The molecule has 0 fully saturated rings. The zero-order valence-corrected chi connectivity index (χ0v) is 16.6. The molecule has 1 aromatic heterocycles. The minimum absolute atomic E-state index is 0.272. The van der Waals surface area contributed by atoms with Gasteiger partial charge in [-0.1, -0.05) is 12.1 Å². The number of hydrogen-bond acceptors (Lipinski definition) is 3. The van der Waals surface area contributed by atoms with Crippen LogP contribution in [0.1, 0.15) is 27.3 Å². The first-order valence-corrected chi connectivity index (χ1v) is 8.85. The van der Waals surface area contributed by atoms with Gasteiger partial charge in [0.15, 0.2) is 11.5 Å². The molecule has 0 spiro atoms. The fraction of sp³-hybridized carbons (Fsp3) is 0.227. The number of aromatic nitrogens is 1. The molecule has 28 heavy (non-hydrogen) atoms. The largest absolute Gasteiger partial charge is 0.493 e. The molecule has 1 N–H and O–H groups in total. The summed E-state index contributed by atoms with van der Waals surface area (Å²) in [4.78, 5) is 12.9. The van der Waals surface area contributed by atoms with Crippen LogP contribution in [0.4, 0.5) is 10.1 Å². The number of rotatable bonds is 5. The van der Waals surface area contributed by atoms with Crippen molar-refractivity contribution in [3.05, 3.63) is 70.8 Å². The van der Waals surface area contributed by atoms with Gasteiger partial charge in [-0.25, -0.2) is 4.39 Å². The summed E-state index contributed by atoms with van der Waals surface area (Å²) in [6, 6.07) is 11.8. The minimum atomic E-state index is -0.341. The van der Waals surface area contributed by atoms with Crippen molar-refractivity contribution in [3.63, 3.8) is 0 Å². The lowest BCUT2D eigenvalue weighted by molar-refractivity contribution is 0.102. The summed E-state index contributed by atoms with van der Waals surface area (Å²) < 4.78 is 26.6. The van der Waals surface area contributed by atoms with Gasteiger partial charge in [0, 0.05) is 23.1 Å². The molecule has 2 aromatic carbocycles. The Labute approximate surface area is 163 Å². The van der Waals surface area contributed by atoms with E-state index in [2.05, 4.69) is 5.32 Å². The Hall–Kier alpha value is -3.28. The quantitative estimate of drug-likeness (QED) is 0.689. The van der Waals surface area contributed by atoms with E-state index < -0.39 is 0 Å². The summed E-state index contributed by atoms with van der Waals surface area (Å²) in [5.74, 6) is 0.508. The molecule has 6 heteroatoms. The van der Waals surface area contributed by atoms with Gasteiger partial charge < -0.3 is 19.4 Å². The number of anilines is 1. The second-order valence-electron chi connectivity index (χ2n) is 6.55. The summed E-state index contributed by atoms with van der Waals surface area (Å²) in [7, 11) is 3.11. The van der Waals surface area contributed by atoms with Crippen LogP contribution in [-0.2, 0) is 0 Å². The van der Waals surface area contributed by atoms with Crippen LogP contribution in [-0.4, -0.2) is 24.7 Å². The lowest BCUT2D eigenvalue weighted by Crippen LogP contribution is -2.14. The topological polar surface area (TPSA) is 52.5 Å². The van der Waals surface area contributed by atoms with Crippen molar-refractivity contribution in [3.8, 4) is 17.2 Å². The summed E-state index contributed by atoms with van der Waals surface area (Å²) in [5, 5.41) is 2.92. The van der Waals surface area contributed by atoms with Crippen LogP contribution < -0.4 is 14.8 Å². The van der Waals surface area contributed by atoms with Crippen LogP contribution in [0.3, 0.4) is 0 Å². The summed E-state index contributed by atoms with van der Waals surface area (Å²) in [5.41, 5.74) is 3.80. The van der Waals surface area contributed by atoms with Crippen molar-refractivity contribution in [1.29, 1.82) is 0 Å².